The second-order valence-corrected chi connectivity index (χ2v) is 7.85. The quantitative estimate of drug-likeness (QED) is 0.217. The van der Waals surface area contributed by atoms with E-state index in [2.05, 4.69) is 6.58 Å². The lowest BCUT2D eigenvalue weighted by molar-refractivity contribution is -0.313. The molecule has 2 radical (unpaired) electrons. The lowest BCUT2D eigenvalue weighted by atomic mass is 9.98. The van der Waals surface area contributed by atoms with Crippen molar-refractivity contribution in [1.82, 2.24) is 0 Å². The maximum Gasteiger partial charge on any atom is 0.386 e. The fraction of sp³-hybridized carbons (Fsp3) is 0.231. The van der Waals surface area contributed by atoms with E-state index >= 15 is 0 Å². The Morgan fingerprint density at radius 2 is 1.56 bits per heavy atom. The highest BCUT2D eigenvalue weighted by atomic mass is 19.3. The van der Waals surface area contributed by atoms with E-state index in [1.807, 2.05) is 0 Å². The standard InChI is InChI=1S/C26H20BF5O4/c1-2-23-33-12-18(13-34-23)36-26(31,32)20-9-7-17(11-21(20)28)15-3-5-16(6-4-15)19-8-10-22(35-14-27)25(30)24(19)29/h2-11,18,23H,1,12-14H2. The molecular formula is C26H20BF5O4. The minimum atomic E-state index is -3.92. The molecule has 0 aromatic heterocycles. The van der Waals surface area contributed by atoms with Crippen LogP contribution in [0.25, 0.3) is 22.3 Å². The van der Waals surface area contributed by atoms with Gasteiger partial charge in [-0.3, -0.25) is 0 Å². The fourth-order valence-corrected chi connectivity index (χ4v) is 3.71. The van der Waals surface area contributed by atoms with E-state index in [9.17, 15) is 22.0 Å². The van der Waals surface area contributed by atoms with Gasteiger partial charge in [0.25, 0.3) is 0 Å². The average molecular weight is 502 g/mol. The second-order valence-electron chi connectivity index (χ2n) is 7.85. The first kappa shape index (κ1) is 25.9. The van der Waals surface area contributed by atoms with Crippen molar-refractivity contribution in [2.45, 2.75) is 18.5 Å². The third kappa shape index (κ3) is 5.45. The van der Waals surface area contributed by atoms with E-state index in [4.69, 9.17) is 26.8 Å². The molecule has 3 aromatic rings. The normalized spacial score (nSPS) is 18.1. The van der Waals surface area contributed by atoms with E-state index < -0.39 is 41.5 Å². The van der Waals surface area contributed by atoms with Crippen LogP contribution in [0.3, 0.4) is 0 Å². The van der Waals surface area contributed by atoms with E-state index in [1.165, 1.54) is 48.5 Å². The van der Waals surface area contributed by atoms with Crippen LogP contribution in [0.1, 0.15) is 5.56 Å². The van der Waals surface area contributed by atoms with Gasteiger partial charge in [0.1, 0.15) is 19.8 Å². The molecule has 1 aliphatic rings. The molecule has 0 bridgehead atoms. The molecule has 1 heterocycles. The number of halogens is 5. The predicted octanol–water partition coefficient (Wildman–Crippen LogP) is 5.94. The Morgan fingerprint density at radius 3 is 2.17 bits per heavy atom. The fourth-order valence-electron chi connectivity index (χ4n) is 3.71. The van der Waals surface area contributed by atoms with Crippen molar-refractivity contribution in [2.24, 2.45) is 0 Å². The molecule has 0 spiro atoms. The lowest BCUT2D eigenvalue weighted by Gasteiger charge is -2.30. The van der Waals surface area contributed by atoms with Gasteiger partial charge in [-0.05, 0) is 47.0 Å². The maximum atomic E-state index is 14.7. The first-order chi connectivity index (χ1) is 17.2. The summed E-state index contributed by atoms with van der Waals surface area (Å²) >= 11 is 0. The molecule has 0 saturated carbocycles. The maximum absolute atomic E-state index is 14.7. The summed E-state index contributed by atoms with van der Waals surface area (Å²) in [5.41, 5.74) is 0.169. The third-order valence-corrected chi connectivity index (χ3v) is 5.50. The molecule has 10 heteroatoms. The smallest absolute Gasteiger partial charge is 0.386 e. The zero-order valence-electron chi connectivity index (χ0n) is 18.9. The highest BCUT2D eigenvalue weighted by molar-refractivity contribution is 6.08. The number of hydrogen-bond acceptors (Lipinski definition) is 4. The molecule has 3 aromatic carbocycles. The van der Waals surface area contributed by atoms with Crippen LogP contribution >= 0.6 is 0 Å². The topological polar surface area (TPSA) is 36.9 Å². The van der Waals surface area contributed by atoms with Gasteiger partial charge in [0.05, 0.1) is 18.8 Å². The van der Waals surface area contributed by atoms with Crippen molar-refractivity contribution in [3.05, 3.63) is 90.3 Å². The third-order valence-electron chi connectivity index (χ3n) is 5.50. The van der Waals surface area contributed by atoms with Gasteiger partial charge in [0.15, 0.2) is 17.9 Å². The summed E-state index contributed by atoms with van der Waals surface area (Å²) in [6.45, 7) is 2.85. The molecule has 0 aliphatic carbocycles. The van der Waals surface area contributed by atoms with Gasteiger partial charge in [-0.25, -0.2) is 8.78 Å². The first-order valence-corrected chi connectivity index (χ1v) is 10.9. The van der Waals surface area contributed by atoms with Crippen LogP contribution in [0, 0.1) is 17.5 Å². The molecule has 0 N–H and O–H groups in total. The lowest BCUT2D eigenvalue weighted by Crippen LogP contribution is -2.40. The van der Waals surface area contributed by atoms with Crippen molar-refractivity contribution < 1.29 is 40.9 Å². The van der Waals surface area contributed by atoms with Crippen LogP contribution in [-0.2, 0) is 20.3 Å². The Bertz CT molecular complexity index is 1230. The van der Waals surface area contributed by atoms with E-state index in [-0.39, 0.29) is 31.0 Å². The van der Waals surface area contributed by atoms with Crippen LogP contribution in [0.4, 0.5) is 22.0 Å². The van der Waals surface area contributed by atoms with Gasteiger partial charge in [0.2, 0.25) is 5.82 Å². The van der Waals surface area contributed by atoms with Crippen LogP contribution < -0.4 is 4.74 Å². The minimum Gasteiger partial charge on any atom is -0.500 e. The largest absolute Gasteiger partial charge is 0.500 e. The number of alkyl halides is 2. The Labute approximate surface area is 205 Å². The molecule has 1 fully saturated rings. The van der Waals surface area contributed by atoms with Crippen molar-refractivity contribution in [2.75, 3.05) is 19.7 Å². The molecule has 0 atom stereocenters. The summed E-state index contributed by atoms with van der Waals surface area (Å²) < 4.78 is 92.5. The molecule has 0 unspecified atom stereocenters. The summed E-state index contributed by atoms with van der Waals surface area (Å²) in [6.07, 6.45) is -4.35. The summed E-state index contributed by atoms with van der Waals surface area (Å²) in [7, 11) is 5.20. The van der Waals surface area contributed by atoms with Gasteiger partial charge < -0.3 is 18.9 Å². The Morgan fingerprint density at radius 1 is 0.917 bits per heavy atom. The van der Waals surface area contributed by atoms with Gasteiger partial charge in [-0.2, -0.15) is 13.2 Å². The molecule has 4 nitrogen and oxygen atoms in total. The van der Waals surface area contributed by atoms with E-state index in [0.717, 1.165) is 12.1 Å². The van der Waals surface area contributed by atoms with Crippen LogP contribution in [-0.4, -0.2) is 40.0 Å². The zero-order chi connectivity index (χ0) is 25.9. The van der Waals surface area contributed by atoms with Gasteiger partial charge in [-0.15, -0.1) is 0 Å². The van der Waals surface area contributed by atoms with Crippen LogP contribution in [0.15, 0.2) is 67.3 Å². The highest BCUT2D eigenvalue weighted by Crippen LogP contribution is 2.36. The number of benzene rings is 3. The Balaban J connectivity index is 1.51. The van der Waals surface area contributed by atoms with Crippen molar-refractivity contribution >= 4 is 7.85 Å². The van der Waals surface area contributed by atoms with Crippen molar-refractivity contribution in [3.63, 3.8) is 0 Å². The summed E-state index contributed by atoms with van der Waals surface area (Å²) in [6, 6.07) is 11.9. The molecule has 1 aliphatic heterocycles. The number of hydrogen-bond donors (Lipinski definition) is 0. The average Bonchev–Trinajstić information content (AvgIpc) is 2.87. The molecule has 0 amide bonds. The van der Waals surface area contributed by atoms with Crippen LogP contribution in [0.2, 0.25) is 0 Å². The molecule has 4 rings (SSSR count). The minimum absolute atomic E-state index is 0.0168. The second kappa shape index (κ2) is 10.8. The summed E-state index contributed by atoms with van der Waals surface area (Å²) in [5.74, 6) is -3.77. The summed E-state index contributed by atoms with van der Waals surface area (Å²) in [4.78, 5) is 0. The first-order valence-electron chi connectivity index (χ1n) is 10.9. The number of ether oxygens (including phenoxy) is 4. The predicted molar refractivity (Wildman–Crippen MR) is 123 cm³/mol. The van der Waals surface area contributed by atoms with Crippen molar-refractivity contribution in [3.8, 4) is 28.0 Å². The zero-order valence-corrected chi connectivity index (χ0v) is 18.9. The molecule has 186 valence electrons. The van der Waals surface area contributed by atoms with Gasteiger partial charge in [0, 0.05) is 12.1 Å². The Hall–Kier alpha value is -3.21. The van der Waals surface area contributed by atoms with Gasteiger partial charge in [-0.1, -0.05) is 36.9 Å². The highest BCUT2D eigenvalue weighted by Gasteiger charge is 2.40. The SMILES string of the molecule is [B]COc1ccc(-c2ccc(-c3ccc(C(F)(F)OC4COC(C=C)OC4)c(F)c3)cc2)c(F)c1F. The summed E-state index contributed by atoms with van der Waals surface area (Å²) in [5, 5.41) is 0. The van der Waals surface area contributed by atoms with Crippen molar-refractivity contribution in [1.29, 1.82) is 0 Å². The molecule has 1 saturated heterocycles. The van der Waals surface area contributed by atoms with Gasteiger partial charge >= 0.3 is 6.11 Å². The van der Waals surface area contributed by atoms with E-state index in [1.54, 1.807) is 0 Å². The van der Waals surface area contributed by atoms with Crippen LogP contribution in [0.5, 0.6) is 5.75 Å². The van der Waals surface area contributed by atoms with E-state index in [0.29, 0.717) is 16.7 Å². The Kier molecular flexibility index (Phi) is 7.78. The molecular weight excluding hydrogens is 482 g/mol. The molecule has 36 heavy (non-hydrogen) atoms. The number of rotatable bonds is 8. The monoisotopic (exact) mass is 502 g/mol.